The molecule has 22 heavy (non-hydrogen) atoms. The van der Waals surface area contributed by atoms with Crippen LogP contribution in [-0.2, 0) is 16.1 Å². The summed E-state index contributed by atoms with van der Waals surface area (Å²) in [6.07, 6.45) is 1.53. The number of Topliss-reactive ketones (excluding diaryl/α,β-unsaturated/α-hetero) is 1. The molecule has 0 fully saturated rings. The fraction of sp³-hybridized carbons (Fsp3) is 0.312. The van der Waals surface area contributed by atoms with Crippen molar-refractivity contribution >= 4 is 28.5 Å². The first-order valence-electron chi connectivity index (χ1n) is 7.19. The Hall–Kier alpha value is -2.63. The average Bonchev–Trinajstić information content (AvgIpc) is 2.86. The first-order valence-corrected chi connectivity index (χ1v) is 7.19. The molecule has 2 rings (SSSR count). The molecule has 0 aliphatic rings. The standard InChI is InChI=1S/C16H19N3O3/c1-3-18(4-2)16(22)15(21)12-9-19(10-14(17)20)13-8-6-5-7-11(12)13/h5-9H,3-4,10H2,1-2H3,(H2,17,20). The van der Waals surface area contributed by atoms with Crippen LogP contribution in [-0.4, -0.2) is 40.2 Å². The first kappa shape index (κ1) is 15.8. The lowest BCUT2D eigenvalue weighted by atomic mass is 10.1. The van der Waals surface area contributed by atoms with Crippen LogP contribution in [0.1, 0.15) is 24.2 Å². The van der Waals surface area contributed by atoms with Crippen molar-refractivity contribution in [3.8, 4) is 0 Å². The van der Waals surface area contributed by atoms with Crippen LogP contribution in [0.5, 0.6) is 0 Å². The van der Waals surface area contributed by atoms with Crippen LogP contribution in [0.4, 0.5) is 0 Å². The molecule has 0 radical (unpaired) electrons. The number of carbonyl (C=O) groups excluding carboxylic acids is 3. The minimum atomic E-state index is -0.567. The van der Waals surface area contributed by atoms with Gasteiger partial charge in [0.25, 0.3) is 11.7 Å². The zero-order valence-corrected chi connectivity index (χ0v) is 12.7. The highest BCUT2D eigenvalue weighted by atomic mass is 16.2. The highest BCUT2D eigenvalue weighted by molar-refractivity contribution is 6.44. The molecule has 0 atom stereocenters. The summed E-state index contributed by atoms with van der Waals surface area (Å²) in [6.45, 7) is 4.56. The summed E-state index contributed by atoms with van der Waals surface area (Å²) in [4.78, 5) is 37.4. The molecule has 0 aliphatic heterocycles. The number of likely N-dealkylation sites (N-methyl/N-ethyl adjacent to an activating group) is 1. The number of rotatable bonds is 6. The second-order valence-electron chi connectivity index (χ2n) is 4.96. The van der Waals surface area contributed by atoms with Crippen LogP contribution < -0.4 is 5.73 Å². The van der Waals surface area contributed by atoms with Gasteiger partial charge in [-0.3, -0.25) is 14.4 Å². The van der Waals surface area contributed by atoms with Crippen LogP contribution >= 0.6 is 0 Å². The number of nitrogens with zero attached hydrogens (tertiary/aromatic N) is 2. The Morgan fingerprint density at radius 2 is 1.77 bits per heavy atom. The number of fused-ring (bicyclic) bond motifs is 1. The first-order chi connectivity index (χ1) is 10.5. The second-order valence-corrected chi connectivity index (χ2v) is 4.96. The molecule has 0 unspecified atom stereocenters. The molecule has 2 amide bonds. The molecule has 2 N–H and O–H groups in total. The third-order valence-corrected chi connectivity index (χ3v) is 3.60. The van der Waals surface area contributed by atoms with Crippen molar-refractivity contribution in [1.29, 1.82) is 0 Å². The Labute approximate surface area is 128 Å². The van der Waals surface area contributed by atoms with Gasteiger partial charge in [-0.25, -0.2) is 0 Å². The Bertz CT molecular complexity index is 729. The van der Waals surface area contributed by atoms with E-state index in [1.54, 1.807) is 28.8 Å². The summed E-state index contributed by atoms with van der Waals surface area (Å²) in [5, 5.41) is 0.647. The molecule has 6 nitrogen and oxygen atoms in total. The van der Waals surface area contributed by atoms with Crippen molar-refractivity contribution in [2.75, 3.05) is 13.1 Å². The van der Waals surface area contributed by atoms with Crippen LogP contribution in [0.15, 0.2) is 30.5 Å². The number of aromatic nitrogens is 1. The lowest BCUT2D eigenvalue weighted by Gasteiger charge is -2.17. The van der Waals surface area contributed by atoms with Gasteiger partial charge in [0.1, 0.15) is 6.54 Å². The van der Waals surface area contributed by atoms with Crippen molar-refractivity contribution < 1.29 is 14.4 Å². The van der Waals surface area contributed by atoms with Crippen LogP contribution in [0.2, 0.25) is 0 Å². The zero-order valence-electron chi connectivity index (χ0n) is 12.7. The summed E-state index contributed by atoms with van der Waals surface area (Å²) in [7, 11) is 0. The Balaban J connectivity index is 2.49. The molecule has 2 aromatic rings. The van der Waals surface area contributed by atoms with Gasteiger partial charge in [-0.15, -0.1) is 0 Å². The number of ketones is 1. The molecule has 1 aromatic heterocycles. The predicted octanol–water partition coefficient (Wildman–Crippen LogP) is 1.18. The van der Waals surface area contributed by atoms with Gasteiger partial charge in [-0.2, -0.15) is 0 Å². The van der Waals surface area contributed by atoms with Crippen LogP contribution in [0.3, 0.4) is 0 Å². The molecule has 0 saturated carbocycles. The maximum atomic E-state index is 12.5. The summed E-state index contributed by atoms with van der Waals surface area (Å²) >= 11 is 0. The largest absolute Gasteiger partial charge is 0.368 e. The van der Waals surface area contributed by atoms with E-state index in [-0.39, 0.29) is 6.54 Å². The zero-order chi connectivity index (χ0) is 16.3. The van der Waals surface area contributed by atoms with E-state index in [0.717, 1.165) is 0 Å². The molecular formula is C16H19N3O3. The summed E-state index contributed by atoms with van der Waals surface area (Å²) < 4.78 is 1.60. The molecule has 6 heteroatoms. The normalized spacial score (nSPS) is 10.6. The van der Waals surface area contributed by atoms with E-state index in [0.29, 0.717) is 29.6 Å². The molecule has 0 spiro atoms. The monoisotopic (exact) mass is 301 g/mol. The minimum absolute atomic E-state index is 0.0345. The van der Waals surface area contributed by atoms with E-state index in [9.17, 15) is 14.4 Å². The highest BCUT2D eigenvalue weighted by Gasteiger charge is 2.24. The minimum Gasteiger partial charge on any atom is -0.368 e. The Morgan fingerprint density at radius 3 is 2.36 bits per heavy atom. The quantitative estimate of drug-likeness (QED) is 0.642. The van der Waals surface area contributed by atoms with E-state index in [1.807, 2.05) is 13.8 Å². The smallest absolute Gasteiger partial charge is 0.295 e. The lowest BCUT2D eigenvalue weighted by molar-refractivity contribution is -0.126. The van der Waals surface area contributed by atoms with Crippen molar-refractivity contribution in [3.63, 3.8) is 0 Å². The number of hydrogen-bond donors (Lipinski definition) is 1. The molecule has 1 heterocycles. The van der Waals surface area contributed by atoms with Gasteiger partial charge in [0.05, 0.1) is 5.56 Å². The van der Waals surface area contributed by atoms with Crippen molar-refractivity contribution in [2.24, 2.45) is 5.73 Å². The number of nitrogens with two attached hydrogens (primary N) is 1. The van der Waals surface area contributed by atoms with Gasteiger partial charge in [-0.1, -0.05) is 18.2 Å². The van der Waals surface area contributed by atoms with Crippen LogP contribution in [0.25, 0.3) is 10.9 Å². The van der Waals surface area contributed by atoms with Gasteiger partial charge >= 0.3 is 0 Å². The van der Waals surface area contributed by atoms with Crippen LogP contribution in [0, 0.1) is 0 Å². The number of primary amides is 1. The molecule has 0 bridgehead atoms. The van der Waals surface area contributed by atoms with Crippen molar-refractivity contribution in [2.45, 2.75) is 20.4 Å². The topological polar surface area (TPSA) is 85.4 Å². The second kappa shape index (κ2) is 6.43. The molecule has 0 aliphatic carbocycles. The van der Waals surface area contributed by atoms with Gasteiger partial charge in [0.2, 0.25) is 5.91 Å². The highest BCUT2D eigenvalue weighted by Crippen LogP contribution is 2.22. The number of hydrogen-bond acceptors (Lipinski definition) is 3. The number of para-hydroxylation sites is 1. The fourth-order valence-electron chi connectivity index (χ4n) is 2.50. The fourth-order valence-corrected chi connectivity index (χ4v) is 2.50. The average molecular weight is 301 g/mol. The number of amides is 2. The maximum absolute atomic E-state index is 12.5. The third-order valence-electron chi connectivity index (χ3n) is 3.60. The third kappa shape index (κ3) is 2.86. The van der Waals surface area contributed by atoms with Gasteiger partial charge in [0, 0.05) is 30.2 Å². The van der Waals surface area contributed by atoms with Gasteiger partial charge in [0.15, 0.2) is 0 Å². The van der Waals surface area contributed by atoms with E-state index in [4.69, 9.17) is 5.73 Å². The molecule has 116 valence electrons. The van der Waals surface area contributed by atoms with E-state index >= 15 is 0 Å². The van der Waals surface area contributed by atoms with Gasteiger partial charge < -0.3 is 15.2 Å². The predicted molar refractivity (Wildman–Crippen MR) is 83.4 cm³/mol. The van der Waals surface area contributed by atoms with Crippen molar-refractivity contribution in [3.05, 3.63) is 36.0 Å². The van der Waals surface area contributed by atoms with Crippen molar-refractivity contribution in [1.82, 2.24) is 9.47 Å². The summed E-state index contributed by atoms with van der Waals surface area (Å²) in [6, 6.07) is 7.14. The number of carbonyl (C=O) groups is 3. The number of benzene rings is 1. The lowest BCUT2D eigenvalue weighted by Crippen LogP contribution is -2.36. The maximum Gasteiger partial charge on any atom is 0.295 e. The molecule has 1 aromatic carbocycles. The van der Waals surface area contributed by atoms with E-state index in [2.05, 4.69) is 0 Å². The molecular weight excluding hydrogens is 282 g/mol. The SMILES string of the molecule is CCN(CC)C(=O)C(=O)c1cn(CC(N)=O)c2ccccc12. The van der Waals surface area contributed by atoms with Gasteiger partial charge in [-0.05, 0) is 19.9 Å². The summed E-state index contributed by atoms with van der Waals surface area (Å²) in [5.41, 5.74) is 6.24. The van der Waals surface area contributed by atoms with E-state index in [1.165, 1.54) is 11.1 Å². The Kier molecular flexibility index (Phi) is 4.60. The van der Waals surface area contributed by atoms with E-state index < -0.39 is 17.6 Å². The summed E-state index contributed by atoms with van der Waals surface area (Å²) in [5.74, 6) is -1.61. The Morgan fingerprint density at radius 1 is 1.14 bits per heavy atom. The molecule has 0 saturated heterocycles.